The second kappa shape index (κ2) is 4.18. The number of hydrogen-bond donors (Lipinski definition) is 1. The average molecular weight is 360 g/mol. The van der Waals surface area contributed by atoms with Crippen LogP contribution in [-0.2, 0) is 0 Å². The van der Waals surface area contributed by atoms with Crippen LogP contribution < -0.4 is 0 Å². The van der Waals surface area contributed by atoms with E-state index in [0.717, 1.165) is 18.9 Å². The van der Waals surface area contributed by atoms with E-state index in [1.165, 1.54) is 0 Å². The highest BCUT2D eigenvalue weighted by molar-refractivity contribution is 14.1. The van der Waals surface area contributed by atoms with Gasteiger partial charge in [-0.15, -0.1) is 5.06 Å². The van der Waals surface area contributed by atoms with Crippen LogP contribution in [-0.4, -0.2) is 31.9 Å². The molecule has 0 aliphatic carbocycles. The van der Waals surface area contributed by atoms with Crippen LogP contribution in [0.3, 0.4) is 0 Å². The van der Waals surface area contributed by atoms with Crippen molar-refractivity contribution in [2.45, 2.75) is 38.9 Å². The molecule has 0 atom stereocenters. The van der Waals surface area contributed by atoms with Crippen LogP contribution >= 0.6 is 22.6 Å². The Labute approximate surface area is 121 Å². The first-order chi connectivity index (χ1) is 8.19. The molecule has 0 bridgehead atoms. The van der Waals surface area contributed by atoms with Crippen molar-refractivity contribution in [2.75, 3.05) is 0 Å². The molecule has 98 valence electrons. The summed E-state index contributed by atoms with van der Waals surface area (Å²) < 4.78 is 2.01. The van der Waals surface area contributed by atoms with Gasteiger partial charge in [-0.25, -0.2) is 0 Å². The first-order valence-corrected chi connectivity index (χ1v) is 6.87. The summed E-state index contributed by atoms with van der Waals surface area (Å²) in [4.78, 5) is 0. The fraction of sp³-hybridized carbons (Fsp3) is 0.462. The van der Waals surface area contributed by atoms with E-state index in [4.69, 9.17) is 0 Å². The molecule has 0 saturated carbocycles. The van der Waals surface area contributed by atoms with E-state index in [0.29, 0.717) is 5.71 Å². The number of halogens is 1. The van der Waals surface area contributed by atoms with Crippen molar-refractivity contribution in [3.05, 3.63) is 38.6 Å². The van der Waals surface area contributed by atoms with Gasteiger partial charge in [-0.1, -0.05) is 0 Å². The van der Waals surface area contributed by atoms with Crippen LogP contribution in [0.25, 0.3) is 0 Å². The standard InChI is InChI=1S/C13H17IN2O2/c1-12(2)11(9-5-7-10(14)8-6-9)15(17)13(3,4)16(12)18/h5-8,18H,1-4H3. The monoisotopic (exact) mass is 360 g/mol. The molecule has 1 aliphatic rings. The fourth-order valence-electron chi connectivity index (χ4n) is 2.47. The predicted octanol–water partition coefficient (Wildman–Crippen LogP) is 2.81. The Kier molecular flexibility index (Phi) is 3.19. The van der Waals surface area contributed by atoms with Crippen molar-refractivity contribution in [2.24, 2.45) is 0 Å². The summed E-state index contributed by atoms with van der Waals surface area (Å²) in [7, 11) is 0. The van der Waals surface area contributed by atoms with Gasteiger partial charge in [0.15, 0.2) is 0 Å². The Morgan fingerprint density at radius 2 is 1.67 bits per heavy atom. The van der Waals surface area contributed by atoms with Crippen molar-refractivity contribution >= 4 is 28.3 Å². The van der Waals surface area contributed by atoms with Gasteiger partial charge in [0.2, 0.25) is 11.4 Å². The number of nitrogens with zero attached hydrogens (tertiary/aromatic N) is 2. The molecule has 1 aromatic rings. The van der Waals surface area contributed by atoms with Crippen molar-refractivity contribution in [1.29, 1.82) is 0 Å². The molecule has 5 heteroatoms. The Morgan fingerprint density at radius 1 is 1.17 bits per heavy atom. The van der Waals surface area contributed by atoms with Crippen LogP contribution in [0, 0.1) is 8.78 Å². The zero-order valence-corrected chi connectivity index (χ0v) is 13.1. The van der Waals surface area contributed by atoms with Crippen molar-refractivity contribution in [3.8, 4) is 0 Å². The highest BCUT2D eigenvalue weighted by atomic mass is 127. The molecule has 4 nitrogen and oxygen atoms in total. The molecular formula is C13H17IN2O2. The van der Waals surface area contributed by atoms with E-state index < -0.39 is 11.2 Å². The molecule has 1 aliphatic heterocycles. The molecule has 0 saturated heterocycles. The lowest BCUT2D eigenvalue weighted by Crippen LogP contribution is -2.51. The van der Waals surface area contributed by atoms with Gasteiger partial charge < -0.3 is 10.4 Å². The lowest BCUT2D eigenvalue weighted by molar-refractivity contribution is -0.580. The molecule has 1 heterocycles. The summed E-state index contributed by atoms with van der Waals surface area (Å²) in [6, 6.07) is 7.75. The molecule has 0 unspecified atom stereocenters. The van der Waals surface area contributed by atoms with Crippen molar-refractivity contribution in [3.63, 3.8) is 0 Å². The number of hydrogen-bond acceptors (Lipinski definition) is 3. The third-order valence-electron chi connectivity index (χ3n) is 3.45. The minimum absolute atomic E-state index is 0.589. The Bertz CT molecular complexity index is 506. The zero-order valence-electron chi connectivity index (χ0n) is 10.9. The molecule has 1 aromatic carbocycles. The smallest absolute Gasteiger partial charge is 0.245 e. The second-order valence-corrected chi connectivity index (χ2v) is 6.76. The Hall–Kier alpha value is -0.660. The molecule has 1 N–H and O–H groups in total. The summed E-state index contributed by atoms with van der Waals surface area (Å²) in [5.74, 6) is 0. The van der Waals surface area contributed by atoms with E-state index in [1.807, 2.05) is 38.1 Å². The number of benzene rings is 1. The summed E-state index contributed by atoms with van der Waals surface area (Å²) in [5.41, 5.74) is -0.230. The van der Waals surface area contributed by atoms with E-state index in [1.54, 1.807) is 13.8 Å². The van der Waals surface area contributed by atoms with Crippen LogP contribution in [0.2, 0.25) is 0 Å². The van der Waals surface area contributed by atoms with Gasteiger partial charge in [0, 0.05) is 23.0 Å². The quantitative estimate of drug-likeness (QED) is 0.476. The lowest BCUT2D eigenvalue weighted by atomic mass is 9.93. The lowest BCUT2D eigenvalue weighted by Gasteiger charge is -2.29. The van der Waals surface area contributed by atoms with Crippen molar-refractivity contribution in [1.82, 2.24) is 5.06 Å². The van der Waals surface area contributed by atoms with Gasteiger partial charge in [-0.3, -0.25) is 0 Å². The van der Waals surface area contributed by atoms with Gasteiger partial charge in [0.05, 0.1) is 0 Å². The van der Waals surface area contributed by atoms with Crippen LogP contribution in [0.4, 0.5) is 0 Å². The van der Waals surface area contributed by atoms with Gasteiger partial charge in [0.25, 0.3) is 0 Å². The molecular weight excluding hydrogens is 343 g/mol. The summed E-state index contributed by atoms with van der Waals surface area (Å²) in [6.45, 7) is 7.11. The van der Waals surface area contributed by atoms with E-state index in [2.05, 4.69) is 22.6 Å². The van der Waals surface area contributed by atoms with E-state index in [9.17, 15) is 10.4 Å². The van der Waals surface area contributed by atoms with Gasteiger partial charge in [-0.2, -0.15) is 4.74 Å². The van der Waals surface area contributed by atoms with Gasteiger partial charge in [0.1, 0.15) is 5.54 Å². The van der Waals surface area contributed by atoms with E-state index >= 15 is 0 Å². The molecule has 0 radical (unpaired) electrons. The molecule has 0 fully saturated rings. The molecule has 0 spiro atoms. The Balaban J connectivity index is 2.61. The molecule has 0 aromatic heterocycles. The van der Waals surface area contributed by atoms with Crippen LogP contribution in [0.1, 0.15) is 33.3 Å². The first kappa shape index (κ1) is 13.8. The predicted molar refractivity (Wildman–Crippen MR) is 78.7 cm³/mol. The molecule has 18 heavy (non-hydrogen) atoms. The molecule has 0 amide bonds. The summed E-state index contributed by atoms with van der Waals surface area (Å²) >= 11 is 2.22. The summed E-state index contributed by atoms with van der Waals surface area (Å²) in [5, 5.41) is 23.8. The number of hydroxylamine groups is 3. The maximum absolute atomic E-state index is 12.4. The minimum atomic E-state index is -0.957. The van der Waals surface area contributed by atoms with Crippen molar-refractivity contribution < 1.29 is 9.95 Å². The SMILES string of the molecule is CC1(C)C(c2ccc(I)cc2)=[N+]([O-])C(C)(C)N1O. The largest absolute Gasteiger partial charge is 0.622 e. The number of rotatable bonds is 1. The highest BCUT2D eigenvalue weighted by Gasteiger charge is 2.56. The van der Waals surface area contributed by atoms with Gasteiger partial charge >= 0.3 is 0 Å². The maximum atomic E-state index is 12.4. The topological polar surface area (TPSA) is 49.5 Å². The minimum Gasteiger partial charge on any atom is -0.622 e. The average Bonchev–Trinajstić information content (AvgIpc) is 2.40. The van der Waals surface area contributed by atoms with E-state index in [-0.39, 0.29) is 0 Å². The Morgan fingerprint density at radius 3 is 2.06 bits per heavy atom. The molecule has 2 rings (SSSR count). The van der Waals surface area contributed by atoms with Crippen LogP contribution in [0.15, 0.2) is 24.3 Å². The normalized spacial score (nSPS) is 22.6. The fourth-order valence-corrected chi connectivity index (χ4v) is 2.83. The third-order valence-corrected chi connectivity index (χ3v) is 4.16. The first-order valence-electron chi connectivity index (χ1n) is 5.79. The summed E-state index contributed by atoms with van der Waals surface area (Å²) in [6.07, 6.45) is 0. The third kappa shape index (κ3) is 1.85. The highest BCUT2D eigenvalue weighted by Crippen LogP contribution is 2.34. The van der Waals surface area contributed by atoms with Gasteiger partial charge in [-0.05, 0) is 60.7 Å². The second-order valence-electron chi connectivity index (χ2n) is 5.52. The maximum Gasteiger partial charge on any atom is 0.245 e. The zero-order chi connectivity index (χ0) is 13.7. The van der Waals surface area contributed by atoms with Crippen LogP contribution in [0.5, 0.6) is 0 Å².